The van der Waals surface area contributed by atoms with Crippen LogP contribution in [-0.2, 0) is 0 Å². The second-order valence-electron chi connectivity index (χ2n) is 4.03. The average molecular weight is 275 g/mol. The molecule has 0 aliphatic carbocycles. The second-order valence-corrected chi connectivity index (χ2v) is 5.10. The van der Waals surface area contributed by atoms with Gasteiger partial charge < -0.3 is 15.3 Å². The fourth-order valence-corrected chi connectivity index (χ4v) is 3.00. The summed E-state index contributed by atoms with van der Waals surface area (Å²) in [6.07, 6.45) is 11.6. The van der Waals surface area contributed by atoms with Gasteiger partial charge in [0.15, 0.2) is 0 Å². The Balaban J connectivity index is 2.29. The van der Waals surface area contributed by atoms with E-state index in [1.165, 1.54) is 11.1 Å². The SMILES string of the molecule is CCC(c1cnc(/C(C=N)=C/NC)s1)n1ccnc1. The zero-order chi connectivity index (χ0) is 13.7. The number of hydrogen-bond donors (Lipinski definition) is 2. The summed E-state index contributed by atoms with van der Waals surface area (Å²) in [7, 11) is 1.82. The molecule has 0 amide bonds. The number of hydrogen-bond acceptors (Lipinski definition) is 5. The van der Waals surface area contributed by atoms with Crippen LogP contribution in [0.2, 0.25) is 0 Å². The van der Waals surface area contributed by atoms with Crippen molar-refractivity contribution in [3.05, 3.63) is 41.0 Å². The molecule has 2 heterocycles. The van der Waals surface area contributed by atoms with Gasteiger partial charge in [-0.3, -0.25) is 0 Å². The van der Waals surface area contributed by atoms with E-state index in [2.05, 4.69) is 26.8 Å². The van der Waals surface area contributed by atoms with E-state index in [0.717, 1.165) is 17.0 Å². The Kier molecular flexibility index (Phi) is 4.46. The number of nitrogens with zero attached hydrogens (tertiary/aromatic N) is 3. The average Bonchev–Trinajstić information content (AvgIpc) is 3.09. The summed E-state index contributed by atoms with van der Waals surface area (Å²) in [5.74, 6) is 0. The Hall–Kier alpha value is -1.95. The molecule has 0 bridgehead atoms. The topological polar surface area (TPSA) is 66.6 Å². The van der Waals surface area contributed by atoms with E-state index in [9.17, 15) is 0 Å². The maximum atomic E-state index is 7.42. The first kappa shape index (κ1) is 13.5. The van der Waals surface area contributed by atoms with Gasteiger partial charge >= 0.3 is 0 Å². The minimum absolute atomic E-state index is 0.260. The van der Waals surface area contributed by atoms with Gasteiger partial charge in [-0.2, -0.15) is 0 Å². The van der Waals surface area contributed by atoms with Crippen LogP contribution >= 0.6 is 11.3 Å². The molecule has 1 unspecified atom stereocenters. The van der Waals surface area contributed by atoms with Crippen LogP contribution in [0.5, 0.6) is 0 Å². The minimum Gasteiger partial charge on any atom is -0.393 e. The molecular formula is C13H17N5S. The maximum Gasteiger partial charge on any atom is 0.126 e. The lowest BCUT2D eigenvalue weighted by atomic mass is 10.2. The number of thiazole rings is 1. The third-order valence-electron chi connectivity index (χ3n) is 2.83. The highest BCUT2D eigenvalue weighted by Crippen LogP contribution is 2.29. The quantitative estimate of drug-likeness (QED) is 0.796. The Morgan fingerprint density at radius 3 is 3.05 bits per heavy atom. The molecule has 100 valence electrons. The van der Waals surface area contributed by atoms with Gasteiger partial charge in [0, 0.05) is 48.5 Å². The summed E-state index contributed by atoms with van der Waals surface area (Å²) in [5, 5.41) is 11.2. The highest BCUT2D eigenvalue weighted by atomic mass is 32.1. The van der Waals surface area contributed by atoms with Crippen molar-refractivity contribution < 1.29 is 0 Å². The van der Waals surface area contributed by atoms with Crippen LogP contribution in [0.3, 0.4) is 0 Å². The molecule has 1 atom stereocenters. The summed E-state index contributed by atoms with van der Waals surface area (Å²) < 4.78 is 2.09. The number of aromatic nitrogens is 3. The Morgan fingerprint density at radius 1 is 1.63 bits per heavy atom. The fourth-order valence-electron chi connectivity index (χ4n) is 1.91. The lowest BCUT2D eigenvalue weighted by Gasteiger charge is -2.13. The monoisotopic (exact) mass is 275 g/mol. The highest BCUT2D eigenvalue weighted by molar-refractivity contribution is 7.13. The van der Waals surface area contributed by atoms with E-state index in [0.29, 0.717) is 0 Å². The third-order valence-corrected chi connectivity index (χ3v) is 3.97. The molecule has 0 radical (unpaired) electrons. The van der Waals surface area contributed by atoms with Crippen molar-refractivity contribution in [2.75, 3.05) is 7.05 Å². The van der Waals surface area contributed by atoms with Gasteiger partial charge in [-0.25, -0.2) is 9.97 Å². The van der Waals surface area contributed by atoms with Crippen molar-refractivity contribution >= 4 is 23.1 Å². The van der Waals surface area contributed by atoms with Crippen molar-refractivity contribution in [3.63, 3.8) is 0 Å². The van der Waals surface area contributed by atoms with Crippen LogP contribution in [-0.4, -0.2) is 27.8 Å². The van der Waals surface area contributed by atoms with E-state index in [1.54, 1.807) is 23.7 Å². The normalized spacial score (nSPS) is 13.3. The zero-order valence-corrected chi connectivity index (χ0v) is 11.8. The fraction of sp³-hybridized carbons (Fsp3) is 0.308. The molecule has 2 aromatic rings. The van der Waals surface area contributed by atoms with Gasteiger partial charge in [0.05, 0.1) is 12.4 Å². The molecule has 0 aliphatic heterocycles. The Morgan fingerprint density at radius 2 is 2.47 bits per heavy atom. The van der Waals surface area contributed by atoms with Gasteiger partial charge in [-0.15, -0.1) is 11.3 Å². The summed E-state index contributed by atoms with van der Waals surface area (Å²) in [4.78, 5) is 9.68. The second kappa shape index (κ2) is 6.29. The van der Waals surface area contributed by atoms with Crippen LogP contribution in [0.25, 0.3) is 5.57 Å². The van der Waals surface area contributed by atoms with Gasteiger partial charge in [-0.05, 0) is 6.42 Å². The molecule has 0 aromatic carbocycles. The van der Waals surface area contributed by atoms with Crippen LogP contribution in [0.4, 0.5) is 0 Å². The molecular weight excluding hydrogens is 258 g/mol. The molecule has 0 aliphatic rings. The number of allylic oxidation sites excluding steroid dienone is 1. The summed E-state index contributed by atoms with van der Waals surface area (Å²) in [5.41, 5.74) is 0.791. The lowest BCUT2D eigenvalue weighted by molar-refractivity contribution is 0.574. The third kappa shape index (κ3) is 2.90. The van der Waals surface area contributed by atoms with Crippen molar-refractivity contribution in [1.29, 1.82) is 5.41 Å². The minimum atomic E-state index is 0.260. The molecule has 2 N–H and O–H groups in total. The van der Waals surface area contributed by atoms with Crippen LogP contribution in [0.1, 0.15) is 29.3 Å². The summed E-state index contributed by atoms with van der Waals surface area (Å²) >= 11 is 1.62. The van der Waals surface area contributed by atoms with Crippen LogP contribution in [0, 0.1) is 5.41 Å². The molecule has 2 rings (SSSR count). The Labute approximate surface area is 116 Å². The summed E-state index contributed by atoms with van der Waals surface area (Å²) in [6, 6.07) is 0.260. The van der Waals surface area contributed by atoms with E-state index in [4.69, 9.17) is 5.41 Å². The van der Waals surface area contributed by atoms with Crippen molar-refractivity contribution in [1.82, 2.24) is 19.9 Å². The number of nitrogens with one attached hydrogen (secondary N) is 2. The molecule has 19 heavy (non-hydrogen) atoms. The van der Waals surface area contributed by atoms with Gasteiger partial charge in [0.1, 0.15) is 5.01 Å². The van der Waals surface area contributed by atoms with Crippen molar-refractivity contribution in [2.24, 2.45) is 0 Å². The van der Waals surface area contributed by atoms with E-state index in [-0.39, 0.29) is 6.04 Å². The van der Waals surface area contributed by atoms with E-state index >= 15 is 0 Å². The van der Waals surface area contributed by atoms with E-state index < -0.39 is 0 Å². The van der Waals surface area contributed by atoms with Gasteiger partial charge in [0.25, 0.3) is 0 Å². The first-order chi connectivity index (χ1) is 9.30. The molecule has 0 saturated heterocycles. The highest BCUT2D eigenvalue weighted by Gasteiger charge is 2.15. The zero-order valence-electron chi connectivity index (χ0n) is 11.0. The summed E-state index contributed by atoms with van der Waals surface area (Å²) in [6.45, 7) is 2.14. The molecule has 6 heteroatoms. The lowest BCUT2D eigenvalue weighted by Crippen LogP contribution is -2.05. The van der Waals surface area contributed by atoms with E-state index in [1.807, 2.05) is 25.8 Å². The molecule has 0 spiro atoms. The maximum absolute atomic E-state index is 7.42. The van der Waals surface area contributed by atoms with Crippen LogP contribution in [0.15, 0.2) is 31.1 Å². The predicted octanol–water partition coefficient (Wildman–Crippen LogP) is 2.55. The van der Waals surface area contributed by atoms with Crippen LogP contribution < -0.4 is 5.32 Å². The predicted molar refractivity (Wildman–Crippen MR) is 78.6 cm³/mol. The Bertz CT molecular complexity index is 555. The van der Waals surface area contributed by atoms with Gasteiger partial charge in [-0.1, -0.05) is 6.92 Å². The molecule has 5 nitrogen and oxygen atoms in total. The standard InChI is InChI=1S/C13H17N5S/c1-3-11(18-5-4-16-9-18)12-8-17-13(19-12)10(6-14)7-15-2/h4-9,11,14-15H,3H2,1-2H3/b10-7+,14-6?. The smallest absolute Gasteiger partial charge is 0.126 e. The number of imidazole rings is 1. The molecule has 0 fully saturated rings. The largest absolute Gasteiger partial charge is 0.393 e. The van der Waals surface area contributed by atoms with Gasteiger partial charge in [0.2, 0.25) is 0 Å². The first-order valence-electron chi connectivity index (χ1n) is 6.11. The molecule has 0 saturated carbocycles. The van der Waals surface area contributed by atoms with Crippen molar-refractivity contribution in [3.8, 4) is 0 Å². The van der Waals surface area contributed by atoms with Crippen molar-refractivity contribution in [2.45, 2.75) is 19.4 Å². The number of rotatable bonds is 6. The first-order valence-corrected chi connectivity index (χ1v) is 6.93. The molecule has 2 aromatic heterocycles.